The third kappa shape index (κ3) is 8.00. The molecule has 0 aliphatic rings. The van der Waals surface area contributed by atoms with Crippen LogP contribution in [0, 0.1) is 0 Å². The maximum atomic E-state index is 12.7. The number of urea groups is 1. The Morgan fingerprint density at radius 2 is 1.66 bits per heavy atom. The molecule has 0 saturated heterocycles. The Morgan fingerprint density at radius 3 is 2.21 bits per heavy atom. The SMILES string of the molecule is CCOc1ccc(NC(=O)N(CCOC)Cc2ccc(OS(C)(=O)=O)cc2)cc1. The molecule has 2 rings (SSSR count). The molecule has 0 heterocycles. The molecule has 0 unspecified atom stereocenters. The molecular weight excluding hydrogens is 396 g/mol. The lowest BCUT2D eigenvalue weighted by atomic mass is 10.2. The van der Waals surface area contributed by atoms with Crippen molar-refractivity contribution < 1.29 is 26.9 Å². The normalized spacial score (nSPS) is 11.0. The van der Waals surface area contributed by atoms with Crippen LogP contribution in [0.5, 0.6) is 11.5 Å². The molecule has 158 valence electrons. The Bertz CT molecular complexity index is 882. The summed E-state index contributed by atoms with van der Waals surface area (Å²) in [5.41, 5.74) is 1.47. The van der Waals surface area contributed by atoms with Crippen molar-refractivity contribution in [2.75, 3.05) is 38.4 Å². The van der Waals surface area contributed by atoms with E-state index in [1.807, 2.05) is 6.92 Å². The monoisotopic (exact) mass is 422 g/mol. The maximum Gasteiger partial charge on any atom is 0.322 e. The van der Waals surface area contributed by atoms with Crippen molar-refractivity contribution in [3.63, 3.8) is 0 Å². The van der Waals surface area contributed by atoms with Gasteiger partial charge in [0.05, 0.1) is 19.5 Å². The van der Waals surface area contributed by atoms with E-state index in [4.69, 9.17) is 13.7 Å². The maximum absolute atomic E-state index is 12.7. The second kappa shape index (κ2) is 10.7. The van der Waals surface area contributed by atoms with Crippen LogP contribution in [0.2, 0.25) is 0 Å². The van der Waals surface area contributed by atoms with Gasteiger partial charge in [0.25, 0.3) is 0 Å². The molecule has 0 aliphatic carbocycles. The van der Waals surface area contributed by atoms with Crippen LogP contribution in [0.25, 0.3) is 0 Å². The number of carbonyl (C=O) groups excluding carboxylic acids is 1. The topological polar surface area (TPSA) is 94.2 Å². The molecule has 9 heteroatoms. The first-order chi connectivity index (χ1) is 13.8. The van der Waals surface area contributed by atoms with E-state index in [0.29, 0.717) is 32.0 Å². The third-order valence-electron chi connectivity index (χ3n) is 3.81. The Hall–Kier alpha value is -2.78. The Labute approximate surface area is 171 Å². The highest BCUT2D eigenvalue weighted by Gasteiger charge is 2.15. The zero-order valence-electron chi connectivity index (χ0n) is 16.8. The predicted octanol–water partition coefficient (Wildman–Crippen LogP) is 3.10. The smallest absolute Gasteiger partial charge is 0.322 e. The highest BCUT2D eigenvalue weighted by Crippen LogP contribution is 2.18. The second-order valence-corrected chi connectivity index (χ2v) is 7.81. The van der Waals surface area contributed by atoms with Gasteiger partial charge in [0.15, 0.2) is 0 Å². The first-order valence-corrected chi connectivity index (χ1v) is 10.9. The summed E-state index contributed by atoms with van der Waals surface area (Å²) in [6.45, 7) is 3.58. The van der Waals surface area contributed by atoms with E-state index >= 15 is 0 Å². The largest absolute Gasteiger partial charge is 0.494 e. The lowest BCUT2D eigenvalue weighted by Gasteiger charge is -2.23. The van der Waals surface area contributed by atoms with Gasteiger partial charge in [-0.1, -0.05) is 12.1 Å². The molecule has 2 aromatic carbocycles. The van der Waals surface area contributed by atoms with E-state index < -0.39 is 10.1 Å². The zero-order chi connectivity index (χ0) is 21.3. The van der Waals surface area contributed by atoms with E-state index in [-0.39, 0.29) is 11.8 Å². The zero-order valence-corrected chi connectivity index (χ0v) is 17.6. The van der Waals surface area contributed by atoms with Crippen LogP contribution in [0.1, 0.15) is 12.5 Å². The second-order valence-electron chi connectivity index (χ2n) is 6.23. The van der Waals surface area contributed by atoms with E-state index in [0.717, 1.165) is 17.6 Å². The molecule has 1 N–H and O–H groups in total. The number of hydrogen-bond acceptors (Lipinski definition) is 6. The number of ether oxygens (including phenoxy) is 2. The summed E-state index contributed by atoms with van der Waals surface area (Å²) in [7, 11) is -2.01. The fourth-order valence-electron chi connectivity index (χ4n) is 2.50. The van der Waals surface area contributed by atoms with Gasteiger partial charge in [-0.15, -0.1) is 0 Å². The summed E-state index contributed by atoms with van der Waals surface area (Å²) < 4.78 is 37.7. The van der Waals surface area contributed by atoms with Crippen LogP contribution >= 0.6 is 0 Å². The van der Waals surface area contributed by atoms with E-state index in [1.165, 1.54) is 0 Å². The van der Waals surface area contributed by atoms with Crippen molar-refractivity contribution in [3.05, 3.63) is 54.1 Å². The van der Waals surface area contributed by atoms with Crippen molar-refractivity contribution >= 4 is 21.8 Å². The van der Waals surface area contributed by atoms with Crippen LogP contribution in [-0.4, -0.2) is 52.5 Å². The summed E-state index contributed by atoms with van der Waals surface area (Å²) in [5.74, 6) is 0.955. The van der Waals surface area contributed by atoms with Crippen molar-refractivity contribution in [3.8, 4) is 11.5 Å². The van der Waals surface area contributed by atoms with E-state index in [9.17, 15) is 13.2 Å². The number of rotatable bonds is 10. The molecule has 0 aromatic heterocycles. The molecular formula is C20H26N2O6S. The van der Waals surface area contributed by atoms with Gasteiger partial charge in [-0.05, 0) is 48.9 Å². The van der Waals surface area contributed by atoms with Gasteiger partial charge >= 0.3 is 16.1 Å². The molecule has 29 heavy (non-hydrogen) atoms. The summed E-state index contributed by atoms with van der Waals surface area (Å²) in [6, 6.07) is 13.4. The van der Waals surface area contributed by atoms with Crippen LogP contribution < -0.4 is 14.2 Å². The van der Waals surface area contributed by atoms with Gasteiger partial charge < -0.3 is 23.9 Å². The number of carbonyl (C=O) groups is 1. The molecule has 8 nitrogen and oxygen atoms in total. The lowest BCUT2D eigenvalue weighted by Crippen LogP contribution is -2.36. The minimum absolute atomic E-state index is 0.221. The molecule has 0 aliphatic heterocycles. The number of methoxy groups -OCH3 is 1. The van der Waals surface area contributed by atoms with Crippen molar-refractivity contribution in [2.45, 2.75) is 13.5 Å². The predicted molar refractivity (Wildman–Crippen MR) is 111 cm³/mol. The molecule has 0 radical (unpaired) electrons. The van der Waals surface area contributed by atoms with Gasteiger partial charge in [-0.3, -0.25) is 0 Å². The number of benzene rings is 2. The first kappa shape index (κ1) is 22.5. The van der Waals surface area contributed by atoms with Crippen LogP contribution in [0.15, 0.2) is 48.5 Å². The summed E-state index contributed by atoms with van der Waals surface area (Å²) >= 11 is 0. The summed E-state index contributed by atoms with van der Waals surface area (Å²) in [5, 5.41) is 2.85. The first-order valence-electron chi connectivity index (χ1n) is 9.07. The van der Waals surface area contributed by atoms with Crippen molar-refractivity contribution in [1.29, 1.82) is 0 Å². The minimum atomic E-state index is -3.58. The average Bonchev–Trinajstić information content (AvgIpc) is 2.67. The average molecular weight is 423 g/mol. The number of nitrogens with zero attached hydrogens (tertiary/aromatic N) is 1. The fraction of sp³-hybridized carbons (Fsp3) is 0.350. The molecule has 0 saturated carbocycles. The standard InChI is InChI=1S/C20H26N2O6S/c1-4-27-18-11-7-17(8-12-18)21-20(23)22(13-14-26-2)15-16-5-9-19(10-6-16)28-29(3,24)25/h5-12H,4,13-15H2,1-3H3,(H,21,23). The third-order valence-corrected chi connectivity index (χ3v) is 4.31. The summed E-state index contributed by atoms with van der Waals surface area (Å²) in [4.78, 5) is 14.3. The van der Waals surface area contributed by atoms with Gasteiger partial charge in [0.1, 0.15) is 11.5 Å². The molecule has 0 fully saturated rings. The van der Waals surface area contributed by atoms with Crippen molar-refractivity contribution in [1.82, 2.24) is 4.90 Å². The molecule has 0 bridgehead atoms. The van der Waals surface area contributed by atoms with Crippen LogP contribution in [0.4, 0.5) is 10.5 Å². The van der Waals surface area contributed by atoms with Crippen LogP contribution in [0.3, 0.4) is 0 Å². The highest BCUT2D eigenvalue weighted by atomic mass is 32.2. The van der Waals surface area contributed by atoms with E-state index in [1.54, 1.807) is 60.5 Å². The van der Waals surface area contributed by atoms with Crippen LogP contribution in [-0.2, 0) is 21.4 Å². The van der Waals surface area contributed by atoms with Crippen molar-refractivity contribution in [2.24, 2.45) is 0 Å². The molecule has 2 aromatic rings. The van der Waals surface area contributed by atoms with E-state index in [2.05, 4.69) is 5.32 Å². The number of amides is 2. The fourth-order valence-corrected chi connectivity index (χ4v) is 2.96. The highest BCUT2D eigenvalue weighted by molar-refractivity contribution is 7.86. The lowest BCUT2D eigenvalue weighted by molar-refractivity contribution is 0.153. The van der Waals surface area contributed by atoms with Gasteiger partial charge in [0, 0.05) is 25.9 Å². The minimum Gasteiger partial charge on any atom is -0.494 e. The number of hydrogen-bond donors (Lipinski definition) is 1. The van der Waals surface area contributed by atoms with Gasteiger partial charge in [0.2, 0.25) is 0 Å². The molecule has 0 atom stereocenters. The van der Waals surface area contributed by atoms with Gasteiger partial charge in [-0.25, -0.2) is 4.79 Å². The van der Waals surface area contributed by atoms with Gasteiger partial charge in [-0.2, -0.15) is 8.42 Å². The molecule has 2 amide bonds. The Morgan fingerprint density at radius 1 is 1.03 bits per heavy atom. The summed E-state index contributed by atoms with van der Waals surface area (Å²) in [6.07, 6.45) is 0.985. The quantitative estimate of drug-likeness (QED) is 0.591. The number of nitrogens with one attached hydrogen (secondary N) is 1. The Balaban J connectivity index is 2.04. The Kier molecular flexibility index (Phi) is 8.29. The molecule has 0 spiro atoms. The number of anilines is 1.